The van der Waals surface area contributed by atoms with Crippen molar-refractivity contribution in [3.8, 4) is 11.5 Å². The monoisotopic (exact) mass is 477 g/mol. The molecule has 0 aromatic heterocycles. The van der Waals surface area contributed by atoms with E-state index in [0.717, 1.165) is 42.0 Å². The van der Waals surface area contributed by atoms with Gasteiger partial charge in [0.15, 0.2) is 0 Å². The lowest BCUT2D eigenvalue weighted by molar-refractivity contribution is -0.890. The van der Waals surface area contributed by atoms with E-state index in [1.54, 1.807) is 0 Å². The average Bonchev–Trinajstić information content (AvgIpc) is 2.74. The number of rotatable bonds is 16. The fraction of sp³-hybridized carbons (Fsp3) is 0.538. The van der Waals surface area contributed by atoms with Crippen molar-refractivity contribution < 1.29 is 30.9 Å². The van der Waals surface area contributed by atoms with Crippen molar-refractivity contribution in [1.29, 1.82) is 0 Å². The van der Waals surface area contributed by atoms with E-state index < -0.39 is 0 Å². The van der Waals surface area contributed by atoms with Crippen LogP contribution in [0.15, 0.2) is 60.7 Å². The van der Waals surface area contributed by atoms with Crippen LogP contribution in [-0.4, -0.2) is 44.9 Å². The third kappa shape index (κ3) is 12.9. The Morgan fingerprint density at radius 3 is 1.30 bits per heavy atom. The van der Waals surface area contributed by atoms with Gasteiger partial charge in [0.1, 0.15) is 11.5 Å². The third-order valence-corrected chi connectivity index (χ3v) is 5.34. The van der Waals surface area contributed by atoms with Crippen molar-refractivity contribution in [2.75, 3.05) is 40.4 Å². The molecule has 0 spiro atoms. The Balaban J connectivity index is 0.00000450. The molecule has 0 aliphatic rings. The Morgan fingerprint density at radius 1 is 0.533 bits per heavy atom. The summed E-state index contributed by atoms with van der Waals surface area (Å²) in [7, 11) is 4.74. The molecule has 0 saturated carbocycles. The van der Waals surface area contributed by atoms with Gasteiger partial charge >= 0.3 is 0 Å². The van der Waals surface area contributed by atoms with Gasteiger partial charge in [0.2, 0.25) is 0 Å². The number of hydrogen-bond donors (Lipinski definition) is 0. The fourth-order valence-electron chi connectivity index (χ4n) is 3.52. The minimum Gasteiger partial charge on any atom is -1.00 e. The Bertz CT molecular complexity index is 578. The van der Waals surface area contributed by atoms with Crippen LogP contribution in [0, 0.1) is 0 Å². The van der Waals surface area contributed by atoms with E-state index in [1.165, 1.54) is 51.6 Å². The molecule has 2 rings (SSSR count). The first-order chi connectivity index (χ1) is 14.2. The van der Waals surface area contributed by atoms with Crippen LogP contribution >= 0.6 is 0 Å². The Labute approximate surface area is 194 Å². The van der Waals surface area contributed by atoms with Gasteiger partial charge in [-0.1, -0.05) is 36.4 Å². The summed E-state index contributed by atoms with van der Waals surface area (Å²) in [4.78, 5) is 0. The Hall–Kier alpha value is -1.52. The van der Waals surface area contributed by atoms with Crippen molar-refractivity contribution in [1.82, 2.24) is 0 Å². The zero-order valence-electron chi connectivity index (χ0n) is 18.9. The third-order valence-electron chi connectivity index (χ3n) is 5.34. The second kappa shape index (κ2) is 16.2. The largest absolute Gasteiger partial charge is 1.00 e. The van der Waals surface area contributed by atoms with Gasteiger partial charge in [0, 0.05) is 0 Å². The summed E-state index contributed by atoms with van der Waals surface area (Å²) in [5.74, 6) is 1.97. The quantitative estimate of drug-likeness (QED) is 0.272. The zero-order chi connectivity index (χ0) is 20.6. The summed E-state index contributed by atoms with van der Waals surface area (Å²) in [5, 5.41) is 0. The molecule has 0 bridgehead atoms. The first kappa shape index (κ1) is 26.5. The first-order valence-corrected chi connectivity index (χ1v) is 11.3. The van der Waals surface area contributed by atoms with Gasteiger partial charge in [0.25, 0.3) is 0 Å². The number of unbranched alkanes of at least 4 members (excludes halogenated alkanes) is 6. The molecule has 2 aromatic rings. The number of para-hydroxylation sites is 2. The van der Waals surface area contributed by atoms with E-state index in [1.807, 2.05) is 60.7 Å². The van der Waals surface area contributed by atoms with Crippen molar-refractivity contribution in [3.05, 3.63) is 60.7 Å². The van der Waals surface area contributed by atoms with Crippen molar-refractivity contribution in [2.45, 2.75) is 51.4 Å². The van der Waals surface area contributed by atoms with Crippen LogP contribution in [0.25, 0.3) is 0 Å². The van der Waals surface area contributed by atoms with Crippen molar-refractivity contribution in [3.63, 3.8) is 0 Å². The SMILES string of the molecule is C[N+](C)(CCCCCCOc1ccccc1)CCCCCCOc1ccccc1.[Br-]. The molecular formula is C26H40BrNO2. The molecule has 0 fully saturated rings. The lowest BCUT2D eigenvalue weighted by Crippen LogP contribution is -3.00. The summed E-state index contributed by atoms with van der Waals surface area (Å²) in [6.07, 6.45) is 10.0. The lowest BCUT2D eigenvalue weighted by Gasteiger charge is -2.30. The minimum absolute atomic E-state index is 0. The van der Waals surface area contributed by atoms with Crippen LogP contribution in [0.5, 0.6) is 11.5 Å². The van der Waals surface area contributed by atoms with E-state index in [2.05, 4.69) is 14.1 Å². The molecule has 3 nitrogen and oxygen atoms in total. The molecule has 30 heavy (non-hydrogen) atoms. The van der Waals surface area contributed by atoms with Crippen LogP contribution < -0.4 is 26.5 Å². The van der Waals surface area contributed by atoms with Gasteiger partial charge in [-0.05, 0) is 75.6 Å². The molecule has 4 heteroatoms. The second-order valence-electron chi connectivity index (χ2n) is 8.53. The van der Waals surface area contributed by atoms with E-state index >= 15 is 0 Å². The number of hydrogen-bond acceptors (Lipinski definition) is 2. The second-order valence-corrected chi connectivity index (χ2v) is 8.53. The van der Waals surface area contributed by atoms with Crippen LogP contribution in [0.4, 0.5) is 0 Å². The van der Waals surface area contributed by atoms with Crippen molar-refractivity contribution >= 4 is 0 Å². The Morgan fingerprint density at radius 2 is 0.900 bits per heavy atom. The standard InChI is InChI=1S/C26H40NO2.BrH/c1-27(2,21-13-3-5-15-23-28-25-17-9-7-10-18-25)22-14-4-6-16-24-29-26-19-11-8-12-20-26;/h7-12,17-20H,3-6,13-16,21-24H2,1-2H3;1H/q+1;/p-1. The summed E-state index contributed by atoms with van der Waals surface area (Å²) in [5.41, 5.74) is 0. The summed E-state index contributed by atoms with van der Waals surface area (Å²) in [6, 6.07) is 20.2. The number of quaternary nitrogens is 1. The molecule has 0 aliphatic carbocycles. The first-order valence-electron chi connectivity index (χ1n) is 11.3. The molecule has 0 atom stereocenters. The molecule has 2 aromatic carbocycles. The van der Waals surface area contributed by atoms with Crippen LogP contribution in [0.2, 0.25) is 0 Å². The number of benzene rings is 2. The summed E-state index contributed by atoms with van der Waals surface area (Å²) >= 11 is 0. The van der Waals surface area contributed by atoms with E-state index in [0.29, 0.717) is 0 Å². The van der Waals surface area contributed by atoms with Gasteiger partial charge in [-0.3, -0.25) is 0 Å². The molecule has 0 N–H and O–H groups in total. The van der Waals surface area contributed by atoms with Crippen LogP contribution in [0.1, 0.15) is 51.4 Å². The topological polar surface area (TPSA) is 18.5 Å². The van der Waals surface area contributed by atoms with Crippen molar-refractivity contribution in [2.24, 2.45) is 0 Å². The Kier molecular flexibility index (Phi) is 14.3. The van der Waals surface area contributed by atoms with Crippen LogP contribution in [0.3, 0.4) is 0 Å². The van der Waals surface area contributed by atoms with Crippen LogP contribution in [-0.2, 0) is 0 Å². The maximum absolute atomic E-state index is 5.76. The maximum atomic E-state index is 5.76. The van der Waals surface area contributed by atoms with Gasteiger partial charge in [-0.25, -0.2) is 0 Å². The zero-order valence-corrected chi connectivity index (χ0v) is 20.5. The van der Waals surface area contributed by atoms with E-state index in [9.17, 15) is 0 Å². The highest BCUT2D eigenvalue weighted by atomic mass is 79.9. The lowest BCUT2D eigenvalue weighted by atomic mass is 10.1. The molecule has 0 heterocycles. The summed E-state index contributed by atoms with van der Waals surface area (Å²) < 4.78 is 12.7. The normalized spacial score (nSPS) is 11.0. The molecule has 0 unspecified atom stereocenters. The number of nitrogens with zero attached hydrogens (tertiary/aromatic N) is 1. The van der Waals surface area contributed by atoms with E-state index in [-0.39, 0.29) is 17.0 Å². The molecule has 0 radical (unpaired) electrons. The van der Waals surface area contributed by atoms with Gasteiger partial charge < -0.3 is 30.9 Å². The highest BCUT2D eigenvalue weighted by molar-refractivity contribution is 5.21. The average molecular weight is 479 g/mol. The van der Waals surface area contributed by atoms with E-state index in [4.69, 9.17) is 9.47 Å². The number of ether oxygens (including phenoxy) is 2. The summed E-state index contributed by atoms with van der Waals surface area (Å²) in [6.45, 7) is 4.21. The van der Waals surface area contributed by atoms with Gasteiger partial charge in [-0.15, -0.1) is 0 Å². The van der Waals surface area contributed by atoms with Gasteiger partial charge in [-0.2, -0.15) is 0 Å². The molecule has 0 aliphatic heterocycles. The highest BCUT2D eigenvalue weighted by Gasteiger charge is 2.13. The maximum Gasteiger partial charge on any atom is 0.119 e. The molecule has 168 valence electrons. The highest BCUT2D eigenvalue weighted by Crippen LogP contribution is 2.12. The minimum atomic E-state index is 0. The predicted octanol–water partition coefficient (Wildman–Crippen LogP) is 3.35. The van der Waals surface area contributed by atoms with Gasteiger partial charge in [0.05, 0.1) is 40.4 Å². The molecular weight excluding hydrogens is 438 g/mol. The fourth-order valence-corrected chi connectivity index (χ4v) is 3.52. The molecule has 0 amide bonds. The number of halogens is 1. The molecule has 0 saturated heterocycles. The smallest absolute Gasteiger partial charge is 0.119 e. The predicted molar refractivity (Wildman–Crippen MR) is 123 cm³/mol.